The van der Waals surface area contributed by atoms with E-state index in [2.05, 4.69) is 41.1 Å². The van der Waals surface area contributed by atoms with E-state index in [0.29, 0.717) is 34.6 Å². The van der Waals surface area contributed by atoms with Crippen molar-refractivity contribution in [1.29, 1.82) is 0 Å². The van der Waals surface area contributed by atoms with E-state index in [1.54, 1.807) is 10.6 Å². The van der Waals surface area contributed by atoms with Crippen molar-refractivity contribution < 1.29 is 9.53 Å². The van der Waals surface area contributed by atoms with Gasteiger partial charge >= 0.3 is 0 Å². The molecular formula is C25H25N3O3S. The fourth-order valence-corrected chi connectivity index (χ4v) is 4.73. The van der Waals surface area contributed by atoms with E-state index < -0.39 is 5.92 Å². The molecule has 3 aromatic rings. The summed E-state index contributed by atoms with van der Waals surface area (Å²) in [7, 11) is 1.82. The van der Waals surface area contributed by atoms with Crippen molar-refractivity contribution in [2.24, 2.45) is 7.05 Å². The number of fused-ring (bicyclic) bond motifs is 1. The van der Waals surface area contributed by atoms with Gasteiger partial charge in [0.25, 0.3) is 5.56 Å². The van der Waals surface area contributed by atoms with Crippen LogP contribution in [-0.2, 0) is 17.6 Å². The number of thioether (sulfide) groups is 1. The van der Waals surface area contributed by atoms with Gasteiger partial charge < -0.3 is 14.6 Å². The molecule has 0 aliphatic carbocycles. The zero-order chi connectivity index (χ0) is 22.7. The number of hydrogen-bond acceptors (Lipinski definition) is 5. The third-order valence-electron chi connectivity index (χ3n) is 5.44. The highest BCUT2D eigenvalue weighted by molar-refractivity contribution is 7.98. The van der Waals surface area contributed by atoms with E-state index in [4.69, 9.17) is 4.74 Å². The first kappa shape index (κ1) is 21.9. The van der Waals surface area contributed by atoms with Crippen molar-refractivity contribution >= 4 is 23.5 Å². The Bertz CT molecular complexity index is 1220. The Morgan fingerprint density at radius 2 is 1.97 bits per heavy atom. The number of ether oxygens (including phenoxy) is 1. The quantitative estimate of drug-likeness (QED) is 0.330. The lowest BCUT2D eigenvalue weighted by atomic mass is 9.86. The van der Waals surface area contributed by atoms with Crippen molar-refractivity contribution in [3.8, 4) is 5.75 Å². The first-order valence-electron chi connectivity index (χ1n) is 10.4. The van der Waals surface area contributed by atoms with Gasteiger partial charge in [-0.25, -0.2) is 0 Å². The summed E-state index contributed by atoms with van der Waals surface area (Å²) in [6.45, 7) is 6.08. The molecule has 0 fully saturated rings. The summed E-state index contributed by atoms with van der Waals surface area (Å²) >= 11 is 1.47. The first-order valence-corrected chi connectivity index (χ1v) is 11.4. The number of aryl methyl sites for hydroxylation is 1. The van der Waals surface area contributed by atoms with Gasteiger partial charge in [0.2, 0.25) is 5.91 Å². The highest BCUT2D eigenvalue weighted by atomic mass is 32.2. The van der Waals surface area contributed by atoms with E-state index >= 15 is 0 Å². The zero-order valence-corrected chi connectivity index (χ0v) is 18.9. The number of benzene rings is 2. The van der Waals surface area contributed by atoms with Crippen LogP contribution in [0.5, 0.6) is 5.75 Å². The Morgan fingerprint density at radius 3 is 2.72 bits per heavy atom. The van der Waals surface area contributed by atoms with Crippen LogP contribution in [0, 0.1) is 6.92 Å². The second-order valence-electron chi connectivity index (χ2n) is 7.74. The normalized spacial score (nSPS) is 15.1. The molecule has 1 atom stereocenters. The van der Waals surface area contributed by atoms with Crippen molar-refractivity contribution in [1.82, 2.24) is 9.55 Å². The maximum atomic E-state index is 13.2. The smallest absolute Gasteiger partial charge is 0.279 e. The van der Waals surface area contributed by atoms with E-state index in [1.807, 2.05) is 38.2 Å². The van der Waals surface area contributed by atoms with Gasteiger partial charge in [-0.1, -0.05) is 72.4 Å². The summed E-state index contributed by atoms with van der Waals surface area (Å²) < 4.78 is 7.59. The van der Waals surface area contributed by atoms with Crippen LogP contribution in [0.25, 0.3) is 0 Å². The Hall–Kier alpha value is -3.32. The van der Waals surface area contributed by atoms with Crippen molar-refractivity contribution in [3.05, 3.63) is 93.8 Å². The summed E-state index contributed by atoms with van der Waals surface area (Å²) in [5.41, 5.74) is 3.30. The molecule has 2 aromatic carbocycles. The molecule has 0 bridgehead atoms. The molecule has 32 heavy (non-hydrogen) atoms. The van der Waals surface area contributed by atoms with Gasteiger partial charge in [-0.05, 0) is 18.6 Å². The number of nitrogens with zero attached hydrogens (tertiary/aromatic N) is 2. The van der Waals surface area contributed by atoms with Crippen LogP contribution >= 0.6 is 11.8 Å². The number of para-hydroxylation sites is 1. The summed E-state index contributed by atoms with van der Waals surface area (Å²) in [4.78, 5) is 30.1. The Kier molecular flexibility index (Phi) is 6.46. The number of amides is 1. The van der Waals surface area contributed by atoms with E-state index in [-0.39, 0.29) is 17.9 Å². The highest BCUT2D eigenvalue weighted by Crippen LogP contribution is 2.39. The molecule has 1 aromatic heterocycles. The minimum absolute atomic E-state index is 0.142. The van der Waals surface area contributed by atoms with Gasteiger partial charge in [0.15, 0.2) is 5.16 Å². The lowest BCUT2D eigenvalue weighted by Gasteiger charge is -2.28. The molecule has 0 spiro atoms. The van der Waals surface area contributed by atoms with Gasteiger partial charge in [-0.3, -0.25) is 9.59 Å². The number of hydrogen-bond donors (Lipinski definition) is 1. The molecule has 1 amide bonds. The van der Waals surface area contributed by atoms with Gasteiger partial charge in [0, 0.05) is 30.7 Å². The average Bonchev–Trinajstić information content (AvgIpc) is 2.79. The molecule has 1 N–H and O–H groups in total. The van der Waals surface area contributed by atoms with Gasteiger partial charge in [0.1, 0.15) is 18.2 Å². The van der Waals surface area contributed by atoms with E-state index in [0.717, 1.165) is 11.1 Å². The summed E-state index contributed by atoms with van der Waals surface area (Å²) in [6, 6.07) is 15.7. The molecule has 4 rings (SSSR count). The Labute approximate surface area is 191 Å². The lowest BCUT2D eigenvalue weighted by molar-refractivity contribution is -0.116. The van der Waals surface area contributed by atoms with Crippen LogP contribution in [0.1, 0.15) is 34.6 Å². The second kappa shape index (κ2) is 9.44. The first-order chi connectivity index (χ1) is 15.5. The van der Waals surface area contributed by atoms with Gasteiger partial charge in [-0.2, -0.15) is 4.98 Å². The molecule has 7 heteroatoms. The van der Waals surface area contributed by atoms with Crippen LogP contribution in [0.3, 0.4) is 0 Å². The van der Waals surface area contributed by atoms with E-state index in [9.17, 15) is 9.59 Å². The molecule has 0 radical (unpaired) electrons. The zero-order valence-electron chi connectivity index (χ0n) is 18.1. The van der Waals surface area contributed by atoms with Crippen molar-refractivity contribution in [2.75, 3.05) is 11.9 Å². The van der Waals surface area contributed by atoms with Crippen LogP contribution < -0.4 is 15.6 Å². The maximum Gasteiger partial charge on any atom is 0.279 e. The minimum Gasteiger partial charge on any atom is -0.489 e. The third kappa shape index (κ3) is 4.48. The third-order valence-corrected chi connectivity index (χ3v) is 6.54. The fourth-order valence-electron chi connectivity index (χ4n) is 3.81. The average molecular weight is 448 g/mol. The predicted octanol–water partition coefficient (Wildman–Crippen LogP) is 4.42. The van der Waals surface area contributed by atoms with Crippen LogP contribution in [0.2, 0.25) is 0 Å². The van der Waals surface area contributed by atoms with E-state index in [1.165, 1.54) is 17.3 Å². The molecule has 0 saturated carbocycles. The SMILES string of the molecule is C=CCOc1ccccc1C1CC(=O)Nc2c1c(=O)nc(SCc1ccc(C)cc1)n2C. The molecule has 2 heterocycles. The van der Waals surface area contributed by atoms with Crippen LogP contribution in [0.4, 0.5) is 5.82 Å². The largest absolute Gasteiger partial charge is 0.489 e. The lowest BCUT2D eigenvalue weighted by Crippen LogP contribution is -2.33. The fraction of sp³-hybridized carbons (Fsp3) is 0.240. The standard InChI is InChI=1S/C25H25N3O3S/c1-4-13-31-20-8-6-5-7-18(20)19-14-21(29)26-23-22(19)24(30)27-25(28(23)3)32-15-17-11-9-16(2)10-12-17/h4-12,19H,1,13-15H2,2-3H3,(H,26,29). The molecule has 6 nitrogen and oxygen atoms in total. The minimum atomic E-state index is -0.429. The summed E-state index contributed by atoms with van der Waals surface area (Å²) in [6.07, 6.45) is 1.82. The number of anilines is 1. The monoisotopic (exact) mass is 447 g/mol. The highest BCUT2D eigenvalue weighted by Gasteiger charge is 2.33. The van der Waals surface area contributed by atoms with Crippen molar-refractivity contribution in [3.63, 3.8) is 0 Å². The number of carbonyl (C=O) groups is 1. The molecule has 164 valence electrons. The molecule has 0 saturated heterocycles. The Morgan fingerprint density at radius 1 is 1.22 bits per heavy atom. The van der Waals surface area contributed by atoms with Gasteiger partial charge in [0.05, 0.1) is 5.56 Å². The Balaban J connectivity index is 1.71. The summed E-state index contributed by atoms with van der Waals surface area (Å²) in [5.74, 6) is 1.24. The van der Waals surface area contributed by atoms with Crippen LogP contribution in [0.15, 0.2) is 71.1 Å². The van der Waals surface area contributed by atoms with Gasteiger partial charge in [-0.15, -0.1) is 0 Å². The number of aromatic nitrogens is 2. The number of rotatable bonds is 7. The number of carbonyl (C=O) groups excluding carboxylic acids is 1. The van der Waals surface area contributed by atoms with Crippen molar-refractivity contribution in [2.45, 2.75) is 30.2 Å². The molecule has 1 aliphatic heterocycles. The number of nitrogens with one attached hydrogen (secondary N) is 1. The maximum absolute atomic E-state index is 13.2. The topological polar surface area (TPSA) is 73.2 Å². The summed E-state index contributed by atoms with van der Waals surface area (Å²) in [5, 5.41) is 3.45. The second-order valence-corrected chi connectivity index (χ2v) is 8.68. The predicted molar refractivity (Wildman–Crippen MR) is 127 cm³/mol. The molecule has 1 unspecified atom stereocenters. The molecular weight excluding hydrogens is 422 g/mol. The van der Waals surface area contributed by atoms with Crippen LogP contribution in [-0.4, -0.2) is 22.1 Å². The molecule has 1 aliphatic rings.